The van der Waals surface area contributed by atoms with Crippen LogP contribution in [-0.2, 0) is 11.3 Å². The lowest BCUT2D eigenvalue weighted by atomic mass is 10.2. The summed E-state index contributed by atoms with van der Waals surface area (Å²) >= 11 is 1.48. The second-order valence-electron chi connectivity index (χ2n) is 4.78. The van der Waals surface area contributed by atoms with Crippen molar-refractivity contribution in [3.05, 3.63) is 59.9 Å². The van der Waals surface area contributed by atoms with E-state index >= 15 is 0 Å². The summed E-state index contributed by atoms with van der Waals surface area (Å²) in [5.41, 5.74) is 0.872. The molecular formula is C17H18FNO2S. The molecular weight excluding hydrogens is 301 g/mol. The average Bonchev–Trinajstić information content (AvgIpc) is 2.54. The van der Waals surface area contributed by atoms with E-state index in [4.69, 9.17) is 4.74 Å². The molecule has 2 aromatic rings. The molecule has 0 aromatic heterocycles. The van der Waals surface area contributed by atoms with Gasteiger partial charge in [0.1, 0.15) is 11.6 Å². The molecule has 0 aliphatic carbocycles. The highest BCUT2D eigenvalue weighted by molar-refractivity contribution is 8.00. The first-order valence-corrected chi connectivity index (χ1v) is 7.79. The Hall–Kier alpha value is -2.01. The van der Waals surface area contributed by atoms with Crippen LogP contribution in [0.25, 0.3) is 0 Å². The average molecular weight is 319 g/mol. The summed E-state index contributed by atoms with van der Waals surface area (Å²) in [4.78, 5) is 13.1. The molecule has 22 heavy (non-hydrogen) atoms. The maximum Gasteiger partial charge on any atom is 0.233 e. The number of carbonyl (C=O) groups excluding carboxylic acids is 1. The van der Waals surface area contributed by atoms with Crippen molar-refractivity contribution in [3.8, 4) is 5.75 Å². The summed E-state index contributed by atoms with van der Waals surface area (Å²) in [7, 11) is 1.62. The molecule has 0 aliphatic rings. The second-order valence-corrected chi connectivity index (χ2v) is 6.19. The number of methoxy groups -OCH3 is 1. The van der Waals surface area contributed by atoms with Gasteiger partial charge in [0.2, 0.25) is 5.91 Å². The molecule has 3 nitrogen and oxygen atoms in total. The van der Waals surface area contributed by atoms with Gasteiger partial charge in [-0.2, -0.15) is 0 Å². The first-order valence-electron chi connectivity index (χ1n) is 6.91. The predicted octanol–water partition coefficient (Wildman–Crippen LogP) is 3.63. The van der Waals surface area contributed by atoms with Crippen LogP contribution in [0.1, 0.15) is 12.5 Å². The van der Waals surface area contributed by atoms with E-state index < -0.39 is 0 Å². The zero-order chi connectivity index (χ0) is 15.9. The maximum atomic E-state index is 12.8. The second kappa shape index (κ2) is 7.84. The van der Waals surface area contributed by atoms with E-state index in [0.29, 0.717) is 6.54 Å². The highest BCUT2D eigenvalue weighted by Crippen LogP contribution is 2.25. The highest BCUT2D eigenvalue weighted by atomic mass is 32.2. The minimum absolute atomic E-state index is 0.0508. The van der Waals surface area contributed by atoms with E-state index in [1.54, 1.807) is 19.2 Å². The van der Waals surface area contributed by atoms with Gasteiger partial charge < -0.3 is 10.1 Å². The molecule has 0 radical (unpaired) electrons. The summed E-state index contributed by atoms with van der Waals surface area (Å²) in [6.07, 6.45) is 0. The van der Waals surface area contributed by atoms with Crippen LogP contribution in [0, 0.1) is 5.82 Å². The third-order valence-electron chi connectivity index (χ3n) is 3.12. The molecule has 0 saturated carbocycles. The van der Waals surface area contributed by atoms with E-state index in [9.17, 15) is 9.18 Å². The van der Waals surface area contributed by atoms with Crippen molar-refractivity contribution in [1.82, 2.24) is 5.32 Å². The molecule has 0 saturated heterocycles. The monoisotopic (exact) mass is 319 g/mol. The van der Waals surface area contributed by atoms with E-state index in [1.807, 2.05) is 31.2 Å². The molecule has 0 aliphatic heterocycles. The summed E-state index contributed by atoms with van der Waals surface area (Å²) < 4.78 is 17.9. The number of ether oxygens (including phenoxy) is 1. The maximum absolute atomic E-state index is 12.8. The quantitative estimate of drug-likeness (QED) is 0.826. The number of rotatable bonds is 6. The van der Waals surface area contributed by atoms with Crippen LogP contribution >= 0.6 is 11.8 Å². The topological polar surface area (TPSA) is 38.3 Å². The molecule has 0 spiro atoms. The molecule has 2 aromatic carbocycles. The van der Waals surface area contributed by atoms with Crippen LogP contribution in [-0.4, -0.2) is 18.3 Å². The van der Waals surface area contributed by atoms with Gasteiger partial charge in [0, 0.05) is 11.4 Å². The first kappa shape index (κ1) is 16.4. The molecule has 1 atom stereocenters. The summed E-state index contributed by atoms with van der Waals surface area (Å²) in [6.45, 7) is 2.25. The Morgan fingerprint density at radius 3 is 2.41 bits per heavy atom. The van der Waals surface area contributed by atoms with Crippen LogP contribution in [0.5, 0.6) is 5.75 Å². The van der Waals surface area contributed by atoms with Crippen LogP contribution in [0.4, 0.5) is 4.39 Å². The molecule has 5 heteroatoms. The van der Waals surface area contributed by atoms with Crippen molar-refractivity contribution >= 4 is 17.7 Å². The molecule has 0 bridgehead atoms. The molecule has 2 rings (SSSR count). The van der Waals surface area contributed by atoms with Gasteiger partial charge in [0.15, 0.2) is 0 Å². The van der Waals surface area contributed by atoms with Crippen molar-refractivity contribution < 1.29 is 13.9 Å². The summed E-state index contributed by atoms with van der Waals surface area (Å²) in [5.74, 6) is 0.460. The Morgan fingerprint density at radius 1 is 1.18 bits per heavy atom. The molecule has 1 N–H and O–H groups in total. The standard InChI is InChI=1S/C17H18FNO2S/c1-12(22-16-9-7-15(21-2)8-10-16)17(20)19-11-13-3-5-14(18)6-4-13/h3-10,12H,11H2,1-2H3,(H,19,20)/t12-/m0/s1. The Kier molecular flexibility index (Phi) is 5.83. The van der Waals surface area contributed by atoms with Crippen LogP contribution in [0.2, 0.25) is 0 Å². The van der Waals surface area contributed by atoms with Gasteiger partial charge in [0.25, 0.3) is 0 Å². The number of hydrogen-bond acceptors (Lipinski definition) is 3. The van der Waals surface area contributed by atoms with Crippen molar-refractivity contribution in [2.75, 3.05) is 7.11 Å². The van der Waals surface area contributed by atoms with Gasteiger partial charge in [0.05, 0.1) is 12.4 Å². The van der Waals surface area contributed by atoms with E-state index in [0.717, 1.165) is 16.2 Å². The molecule has 1 amide bonds. The number of hydrogen-bond donors (Lipinski definition) is 1. The van der Waals surface area contributed by atoms with E-state index in [2.05, 4.69) is 5.32 Å². The predicted molar refractivity (Wildman–Crippen MR) is 86.6 cm³/mol. The number of carbonyl (C=O) groups is 1. The Labute approximate surface area is 133 Å². The number of nitrogens with one attached hydrogen (secondary N) is 1. The fraction of sp³-hybridized carbons (Fsp3) is 0.235. The van der Waals surface area contributed by atoms with Gasteiger partial charge >= 0.3 is 0 Å². The lowest BCUT2D eigenvalue weighted by Crippen LogP contribution is -2.30. The SMILES string of the molecule is COc1ccc(S[C@@H](C)C(=O)NCc2ccc(F)cc2)cc1. The third-order valence-corrected chi connectivity index (χ3v) is 4.23. The Morgan fingerprint density at radius 2 is 1.82 bits per heavy atom. The smallest absolute Gasteiger partial charge is 0.233 e. The molecule has 0 fully saturated rings. The largest absolute Gasteiger partial charge is 0.497 e. The lowest BCUT2D eigenvalue weighted by molar-refractivity contribution is -0.120. The minimum Gasteiger partial charge on any atom is -0.497 e. The van der Waals surface area contributed by atoms with Crippen molar-refractivity contribution in [2.24, 2.45) is 0 Å². The van der Waals surface area contributed by atoms with Gasteiger partial charge in [-0.05, 0) is 48.9 Å². The lowest BCUT2D eigenvalue weighted by Gasteiger charge is -2.12. The molecule has 116 valence electrons. The normalized spacial score (nSPS) is 11.8. The van der Waals surface area contributed by atoms with Crippen LogP contribution in [0.15, 0.2) is 53.4 Å². The zero-order valence-electron chi connectivity index (χ0n) is 12.5. The van der Waals surface area contributed by atoms with E-state index in [-0.39, 0.29) is 17.0 Å². The molecule has 0 heterocycles. The number of halogens is 1. The van der Waals surface area contributed by atoms with Crippen molar-refractivity contribution in [3.63, 3.8) is 0 Å². The summed E-state index contributed by atoms with van der Waals surface area (Å²) in [6, 6.07) is 13.7. The van der Waals surface area contributed by atoms with Crippen LogP contribution < -0.4 is 10.1 Å². The molecule has 0 unspecified atom stereocenters. The number of amides is 1. The van der Waals surface area contributed by atoms with Gasteiger partial charge in [-0.1, -0.05) is 12.1 Å². The first-order chi connectivity index (χ1) is 10.6. The van der Waals surface area contributed by atoms with E-state index in [1.165, 1.54) is 23.9 Å². The van der Waals surface area contributed by atoms with Gasteiger partial charge in [-0.25, -0.2) is 4.39 Å². The fourth-order valence-electron chi connectivity index (χ4n) is 1.85. The summed E-state index contributed by atoms with van der Waals surface area (Å²) in [5, 5.41) is 2.64. The number of thioether (sulfide) groups is 1. The van der Waals surface area contributed by atoms with Gasteiger partial charge in [-0.3, -0.25) is 4.79 Å². The third kappa shape index (κ3) is 4.77. The van der Waals surface area contributed by atoms with Crippen molar-refractivity contribution in [1.29, 1.82) is 0 Å². The zero-order valence-corrected chi connectivity index (χ0v) is 13.3. The minimum atomic E-state index is -0.279. The Bertz CT molecular complexity index is 614. The number of benzene rings is 2. The van der Waals surface area contributed by atoms with Crippen LogP contribution in [0.3, 0.4) is 0 Å². The Balaban J connectivity index is 1.84. The van der Waals surface area contributed by atoms with Gasteiger partial charge in [-0.15, -0.1) is 11.8 Å². The highest BCUT2D eigenvalue weighted by Gasteiger charge is 2.14. The van der Waals surface area contributed by atoms with Crippen molar-refractivity contribution in [2.45, 2.75) is 23.6 Å². The fourth-order valence-corrected chi connectivity index (χ4v) is 2.74.